The maximum atomic E-state index is 11.4. The molecule has 1 rings (SSSR count). The van der Waals surface area contributed by atoms with Crippen molar-refractivity contribution in [1.29, 1.82) is 0 Å². The smallest absolute Gasteiger partial charge is 0.221 e. The molecule has 0 aromatic heterocycles. The molecule has 0 saturated carbocycles. The SMILES string of the molecule is CSCCC(=O)N[C@H](C)[C@H]1CCCO1. The van der Waals surface area contributed by atoms with Crippen LogP contribution in [-0.4, -0.2) is 36.7 Å². The van der Waals surface area contributed by atoms with Crippen molar-refractivity contribution in [1.82, 2.24) is 5.32 Å². The molecule has 1 N–H and O–H groups in total. The van der Waals surface area contributed by atoms with Gasteiger partial charge in [0, 0.05) is 18.8 Å². The van der Waals surface area contributed by atoms with Crippen LogP contribution >= 0.6 is 11.8 Å². The fourth-order valence-electron chi connectivity index (χ4n) is 1.61. The minimum absolute atomic E-state index is 0.141. The number of carbonyl (C=O) groups is 1. The first-order valence-electron chi connectivity index (χ1n) is 5.14. The summed E-state index contributed by atoms with van der Waals surface area (Å²) < 4.78 is 5.50. The second kappa shape index (κ2) is 6.30. The molecule has 82 valence electrons. The van der Waals surface area contributed by atoms with Gasteiger partial charge in [-0.1, -0.05) is 0 Å². The van der Waals surface area contributed by atoms with Gasteiger partial charge in [-0.3, -0.25) is 4.79 Å². The van der Waals surface area contributed by atoms with E-state index in [9.17, 15) is 4.79 Å². The highest BCUT2D eigenvalue weighted by Gasteiger charge is 2.23. The molecule has 0 aliphatic carbocycles. The Kier molecular flexibility index (Phi) is 5.33. The van der Waals surface area contributed by atoms with E-state index < -0.39 is 0 Å². The number of ether oxygens (including phenoxy) is 1. The van der Waals surface area contributed by atoms with Crippen LogP contribution in [0.2, 0.25) is 0 Å². The molecule has 2 atom stereocenters. The predicted molar refractivity (Wildman–Crippen MR) is 59.6 cm³/mol. The summed E-state index contributed by atoms with van der Waals surface area (Å²) in [6, 6.07) is 0.159. The summed E-state index contributed by atoms with van der Waals surface area (Å²) in [5, 5.41) is 2.98. The van der Waals surface area contributed by atoms with Gasteiger partial charge in [0.05, 0.1) is 12.1 Å². The molecule has 4 heteroatoms. The number of amides is 1. The summed E-state index contributed by atoms with van der Waals surface area (Å²) >= 11 is 1.70. The number of nitrogens with one attached hydrogen (secondary N) is 1. The van der Waals surface area contributed by atoms with Crippen molar-refractivity contribution in [2.75, 3.05) is 18.6 Å². The predicted octanol–water partition coefficient (Wildman–Crippen LogP) is 1.42. The molecule has 1 heterocycles. The second-order valence-electron chi connectivity index (χ2n) is 3.65. The van der Waals surface area contributed by atoms with Crippen molar-refractivity contribution >= 4 is 17.7 Å². The molecule has 0 aromatic rings. The van der Waals surface area contributed by atoms with E-state index in [1.54, 1.807) is 11.8 Å². The third-order valence-corrected chi connectivity index (χ3v) is 3.06. The van der Waals surface area contributed by atoms with E-state index in [1.807, 2.05) is 13.2 Å². The van der Waals surface area contributed by atoms with Gasteiger partial charge < -0.3 is 10.1 Å². The fraction of sp³-hybridized carbons (Fsp3) is 0.900. The summed E-state index contributed by atoms with van der Waals surface area (Å²) in [6.07, 6.45) is 5.04. The lowest BCUT2D eigenvalue weighted by Crippen LogP contribution is -2.40. The summed E-state index contributed by atoms with van der Waals surface area (Å²) in [4.78, 5) is 11.4. The zero-order valence-corrected chi connectivity index (χ0v) is 9.73. The molecular formula is C10H19NO2S. The number of rotatable bonds is 5. The van der Waals surface area contributed by atoms with Crippen LogP contribution in [0.5, 0.6) is 0 Å². The van der Waals surface area contributed by atoms with Crippen LogP contribution in [0.15, 0.2) is 0 Å². The van der Waals surface area contributed by atoms with Crippen molar-refractivity contribution < 1.29 is 9.53 Å². The van der Waals surface area contributed by atoms with Gasteiger partial charge in [-0.05, 0) is 26.0 Å². The van der Waals surface area contributed by atoms with E-state index in [-0.39, 0.29) is 18.1 Å². The molecule has 3 nitrogen and oxygen atoms in total. The van der Waals surface area contributed by atoms with Gasteiger partial charge in [0.25, 0.3) is 0 Å². The van der Waals surface area contributed by atoms with Crippen LogP contribution in [0.4, 0.5) is 0 Å². The maximum absolute atomic E-state index is 11.4. The van der Waals surface area contributed by atoms with Gasteiger partial charge in [-0.15, -0.1) is 0 Å². The van der Waals surface area contributed by atoms with Gasteiger partial charge in [0.1, 0.15) is 0 Å². The van der Waals surface area contributed by atoms with E-state index in [1.165, 1.54) is 0 Å². The lowest BCUT2D eigenvalue weighted by atomic mass is 10.1. The fourth-order valence-corrected chi connectivity index (χ4v) is 2.00. The summed E-state index contributed by atoms with van der Waals surface area (Å²) in [7, 11) is 0. The van der Waals surface area contributed by atoms with Crippen molar-refractivity contribution in [2.24, 2.45) is 0 Å². The number of carbonyl (C=O) groups excluding carboxylic acids is 1. The van der Waals surface area contributed by atoms with Gasteiger partial charge in [-0.2, -0.15) is 11.8 Å². The Balaban J connectivity index is 2.18. The Hall–Kier alpha value is -0.220. The zero-order chi connectivity index (χ0) is 10.4. The van der Waals surface area contributed by atoms with Gasteiger partial charge in [-0.25, -0.2) is 0 Å². The summed E-state index contributed by atoms with van der Waals surface area (Å²) in [5.74, 6) is 1.03. The van der Waals surface area contributed by atoms with Crippen molar-refractivity contribution in [2.45, 2.75) is 38.3 Å². The molecule has 0 unspecified atom stereocenters. The maximum Gasteiger partial charge on any atom is 0.221 e. The minimum atomic E-state index is 0.141. The first-order valence-corrected chi connectivity index (χ1v) is 6.53. The van der Waals surface area contributed by atoms with Crippen LogP contribution in [0.25, 0.3) is 0 Å². The van der Waals surface area contributed by atoms with E-state index in [2.05, 4.69) is 5.32 Å². The second-order valence-corrected chi connectivity index (χ2v) is 4.64. The average molecular weight is 217 g/mol. The van der Waals surface area contributed by atoms with Crippen molar-refractivity contribution in [3.63, 3.8) is 0 Å². The van der Waals surface area contributed by atoms with E-state index in [0.717, 1.165) is 25.2 Å². The molecule has 1 amide bonds. The van der Waals surface area contributed by atoms with Crippen molar-refractivity contribution in [3.8, 4) is 0 Å². The van der Waals surface area contributed by atoms with E-state index >= 15 is 0 Å². The number of thioether (sulfide) groups is 1. The normalized spacial score (nSPS) is 23.4. The molecule has 14 heavy (non-hydrogen) atoms. The molecule has 0 radical (unpaired) electrons. The highest BCUT2D eigenvalue weighted by atomic mass is 32.2. The quantitative estimate of drug-likeness (QED) is 0.757. The highest BCUT2D eigenvalue weighted by molar-refractivity contribution is 7.98. The number of hydrogen-bond donors (Lipinski definition) is 1. The third kappa shape index (κ3) is 3.88. The molecule has 1 saturated heterocycles. The standard InChI is InChI=1S/C10H19NO2S/c1-8(9-4-3-6-13-9)11-10(12)5-7-14-2/h8-9H,3-7H2,1-2H3,(H,11,12)/t8-,9-/m1/s1. The number of hydrogen-bond acceptors (Lipinski definition) is 3. The molecule has 1 fully saturated rings. The molecule has 0 bridgehead atoms. The van der Waals surface area contributed by atoms with Crippen LogP contribution < -0.4 is 5.32 Å². The molecule has 0 spiro atoms. The van der Waals surface area contributed by atoms with Gasteiger partial charge in [0.2, 0.25) is 5.91 Å². The first kappa shape index (κ1) is 11.9. The average Bonchev–Trinajstić information content (AvgIpc) is 2.67. The molecule has 0 aromatic carbocycles. The lowest BCUT2D eigenvalue weighted by Gasteiger charge is -2.19. The van der Waals surface area contributed by atoms with E-state index in [4.69, 9.17) is 4.74 Å². The Morgan fingerprint density at radius 2 is 2.50 bits per heavy atom. The van der Waals surface area contributed by atoms with Gasteiger partial charge in [0.15, 0.2) is 0 Å². The molecule has 1 aliphatic rings. The van der Waals surface area contributed by atoms with Crippen molar-refractivity contribution in [3.05, 3.63) is 0 Å². The lowest BCUT2D eigenvalue weighted by molar-refractivity contribution is -0.122. The topological polar surface area (TPSA) is 38.3 Å². The van der Waals surface area contributed by atoms with Crippen LogP contribution in [0.3, 0.4) is 0 Å². The Morgan fingerprint density at radius 1 is 1.71 bits per heavy atom. The molecule has 1 aliphatic heterocycles. The zero-order valence-electron chi connectivity index (χ0n) is 8.91. The minimum Gasteiger partial charge on any atom is -0.376 e. The molecular weight excluding hydrogens is 198 g/mol. The monoisotopic (exact) mass is 217 g/mol. The van der Waals surface area contributed by atoms with Crippen LogP contribution in [0.1, 0.15) is 26.2 Å². The largest absolute Gasteiger partial charge is 0.376 e. The Morgan fingerprint density at radius 3 is 3.07 bits per heavy atom. The Bertz CT molecular complexity index is 181. The first-order chi connectivity index (χ1) is 6.74. The third-order valence-electron chi connectivity index (χ3n) is 2.44. The highest BCUT2D eigenvalue weighted by Crippen LogP contribution is 2.15. The Labute approximate surface area is 90.0 Å². The van der Waals surface area contributed by atoms with Crippen LogP contribution in [-0.2, 0) is 9.53 Å². The summed E-state index contributed by atoms with van der Waals surface area (Å²) in [6.45, 7) is 2.86. The summed E-state index contributed by atoms with van der Waals surface area (Å²) in [5.41, 5.74) is 0. The van der Waals surface area contributed by atoms with E-state index in [0.29, 0.717) is 6.42 Å². The van der Waals surface area contributed by atoms with Gasteiger partial charge >= 0.3 is 0 Å². The van der Waals surface area contributed by atoms with Crippen LogP contribution in [0, 0.1) is 0 Å².